The van der Waals surface area contributed by atoms with Crippen molar-refractivity contribution < 1.29 is 52.2 Å². The Morgan fingerprint density at radius 3 is 0.868 bits per heavy atom. The Bertz CT molecular complexity index is 1150. The number of carbonyl (C=O) groups excluding carboxylic acids is 3. The molecule has 12 heteroatoms. The molecule has 404 valence electrons. The maximum absolute atomic E-state index is 12.9. The second kappa shape index (κ2) is 51.8. The number of phosphoric ester groups is 1. The van der Waals surface area contributed by atoms with Crippen molar-refractivity contribution in [1.29, 1.82) is 0 Å². The number of carbonyl (C=O) groups is 3. The lowest BCUT2D eigenvalue weighted by atomic mass is 10.0. The Morgan fingerprint density at radius 2 is 0.588 bits per heavy atom. The number of ether oxygens (including phenoxy) is 3. The van der Waals surface area contributed by atoms with E-state index in [4.69, 9.17) is 23.3 Å². The third-order valence-corrected chi connectivity index (χ3v) is 14.0. The van der Waals surface area contributed by atoms with Crippen molar-refractivity contribution in [3.63, 3.8) is 0 Å². The fourth-order valence-corrected chi connectivity index (χ4v) is 9.38. The van der Waals surface area contributed by atoms with Crippen LogP contribution in [0.3, 0.4) is 0 Å². The van der Waals surface area contributed by atoms with E-state index in [0.717, 1.165) is 57.8 Å². The van der Waals surface area contributed by atoms with Gasteiger partial charge in [0.1, 0.15) is 12.7 Å². The first-order valence-corrected chi connectivity index (χ1v) is 30.4. The predicted molar refractivity (Wildman–Crippen MR) is 280 cm³/mol. The van der Waals surface area contributed by atoms with Gasteiger partial charge in [-0.1, -0.05) is 265 Å². The molecule has 0 rings (SSSR count). The second-order valence-electron chi connectivity index (χ2n) is 19.8. The zero-order valence-corrected chi connectivity index (χ0v) is 45.5. The molecule has 11 nitrogen and oxygen atoms in total. The SMILES string of the molecule is CCCCCCCCCCCCCCCCCC(=O)OC(CO)COP(=O)(O)OCC(COC(=O)CCCCCCCCCCCCC)OC(=O)CCCCCCCCCCCCCCCCC. The maximum atomic E-state index is 12.9. The van der Waals surface area contributed by atoms with Crippen molar-refractivity contribution in [3.8, 4) is 0 Å². The molecule has 0 aliphatic rings. The van der Waals surface area contributed by atoms with Crippen LogP contribution in [0.4, 0.5) is 0 Å². The van der Waals surface area contributed by atoms with Crippen molar-refractivity contribution in [2.24, 2.45) is 0 Å². The van der Waals surface area contributed by atoms with Crippen LogP contribution < -0.4 is 0 Å². The first-order chi connectivity index (χ1) is 33.2. The van der Waals surface area contributed by atoms with Gasteiger partial charge in [-0.3, -0.25) is 23.4 Å². The monoisotopic (exact) mass is 989 g/mol. The second-order valence-corrected chi connectivity index (χ2v) is 21.3. The van der Waals surface area contributed by atoms with E-state index in [1.807, 2.05) is 0 Å². The number of rotatable bonds is 55. The Hall–Kier alpha value is -1.52. The van der Waals surface area contributed by atoms with Crippen LogP contribution in [0, 0.1) is 0 Å². The van der Waals surface area contributed by atoms with Crippen LogP contribution in [-0.4, -0.2) is 66.5 Å². The van der Waals surface area contributed by atoms with Crippen LogP contribution in [0.25, 0.3) is 0 Å². The summed E-state index contributed by atoms with van der Waals surface area (Å²) in [6.45, 7) is 4.70. The molecule has 0 saturated carbocycles. The van der Waals surface area contributed by atoms with Crippen LogP contribution >= 0.6 is 7.82 Å². The summed E-state index contributed by atoms with van der Waals surface area (Å²) in [6, 6.07) is 0. The van der Waals surface area contributed by atoms with Crippen LogP contribution in [-0.2, 0) is 42.2 Å². The fraction of sp³-hybridized carbons (Fsp3) is 0.946. The van der Waals surface area contributed by atoms with E-state index in [2.05, 4.69) is 20.8 Å². The Balaban J connectivity index is 4.62. The summed E-state index contributed by atoms with van der Waals surface area (Å²) in [5.74, 6) is -1.43. The van der Waals surface area contributed by atoms with Gasteiger partial charge in [0, 0.05) is 19.3 Å². The summed E-state index contributed by atoms with van der Waals surface area (Å²) in [6.07, 6.45) is 47.7. The summed E-state index contributed by atoms with van der Waals surface area (Å²) in [5, 5.41) is 9.80. The van der Waals surface area contributed by atoms with E-state index < -0.39 is 57.8 Å². The van der Waals surface area contributed by atoms with Gasteiger partial charge in [0.25, 0.3) is 0 Å². The highest BCUT2D eigenvalue weighted by Gasteiger charge is 2.28. The van der Waals surface area contributed by atoms with E-state index in [-0.39, 0.29) is 25.9 Å². The third-order valence-electron chi connectivity index (χ3n) is 13.0. The molecule has 0 fully saturated rings. The van der Waals surface area contributed by atoms with Gasteiger partial charge >= 0.3 is 25.7 Å². The molecular formula is C56H109O11P. The Labute approximate surface area is 418 Å². The zero-order valence-electron chi connectivity index (χ0n) is 44.6. The smallest absolute Gasteiger partial charge is 0.462 e. The largest absolute Gasteiger partial charge is 0.472 e. The zero-order chi connectivity index (χ0) is 49.9. The van der Waals surface area contributed by atoms with Crippen molar-refractivity contribution in [1.82, 2.24) is 0 Å². The van der Waals surface area contributed by atoms with E-state index in [1.54, 1.807) is 0 Å². The number of unbranched alkanes of at least 4 members (excludes halogenated alkanes) is 38. The van der Waals surface area contributed by atoms with E-state index in [0.29, 0.717) is 19.3 Å². The standard InChI is InChI=1S/C56H109O11P/c1-4-7-10-13-16-19-22-24-26-28-31-34-37-40-43-46-55(59)66-52(48-57)50-64-68(61,62)65-51-53(49-63-54(58)45-42-39-36-33-30-21-18-15-12-9-6-3)67-56(60)47-44-41-38-35-32-29-27-25-23-20-17-14-11-8-5-2/h52-53,57H,4-51H2,1-3H3,(H,61,62). The quantitative estimate of drug-likeness (QED) is 0.0259. The van der Waals surface area contributed by atoms with Crippen LogP contribution in [0.15, 0.2) is 0 Å². The van der Waals surface area contributed by atoms with E-state index in [9.17, 15) is 28.9 Å². The van der Waals surface area contributed by atoms with Crippen molar-refractivity contribution in [3.05, 3.63) is 0 Å². The number of phosphoric acid groups is 1. The molecule has 0 aliphatic carbocycles. The molecule has 3 unspecified atom stereocenters. The summed E-state index contributed by atoms with van der Waals surface area (Å²) in [4.78, 5) is 48.4. The third kappa shape index (κ3) is 49.5. The fourth-order valence-electron chi connectivity index (χ4n) is 8.59. The molecule has 68 heavy (non-hydrogen) atoms. The molecule has 0 bridgehead atoms. The molecule has 0 heterocycles. The number of esters is 3. The summed E-state index contributed by atoms with van der Waals surface area (Å²) >= 11 is 0. The Morgan fingerprint density at radius 1 is 0.353 bits per heavy atom. The Kier molecular flexibility index (Phi) is 50.7. The first kappa shape index (κ1) is 66.5. The molecule has 0 amide bonds. The number of hydrogen-bond donors (Lipinski definition) is 2. The molecular weight excluding hydrogens is 880 g/mol. The highest BCUT2D eigenvalue weighted by molar-refractivity contribution is 7.47. The van der Waals surface area contributed by atoms with E-state index >= 15 is 0 Å². The van der Waals surface area contributed by atoms with Crippen LogP contribution in [0.5, 0.6) is 0 Å². The first-order valence-electron chi connectivity index (χ1n) is 28.9. The molecule has 2 N–H and O–H groups in total. The van der Waals surface area contributed by atoms with Crippen molar-refractivity contribution in [2.75, 3.05) is 26.4 Å². The minimum Gasteiger partial charge on any atom is -0.462 e. The van der Waals surface area contributed by atoms with Crippen LogP contribution in [0.1, 0.15) is 303 Å². The molecule has 0 aliphatic heterocycles. The average Bonchev–Trinajstić information content (AvgIpc) is 3.32. The lowest BCUT2D eigenvalue weighted by Gasteiger charge is -2.21. The van der Waals surface area contributed by atoms with Gasteiger partial charge in [-0.15, -0.1) is 0 Å². The van der Waals surface area contributed by atoms with Gasteiger partial charge in [0.15, 0.2) is 6.10 Å². The number of aliphatic hydroxyl groups excluding tert-OH is 1. The molecule has 0 radical (unpaired) electrons. The topological polar surface area (TPSA) is 155 Å². The lowest BCUT2D eigenvalue weighted by Crippen LogP contribution is -2.30. The maximum Gasteiger partial charge on any atom is 0.472 e. The highest BCUT2D eigenvalue weighted by atomic mass is 31.2. The predicted octanol–water partition coefficient (Wildman–Crippen LogP) is 16.7. The molecule has 0 saturated heterocycles. The number of hydrogen-bond acceptors (Lipinski definition) is 10. The molecule has 0 aromatic carbocycles. The highest BCUT2D eigenvalue weighted by Crippen LogP contribution is 2.43. The molecule has 0 spiro atoms. The summed E-state index contributed by atoms with van der Waals surface area (Å²) < 4.78 is 39.5. The summed E-state index contributed by atoms with van der Waals surface area (Å²) in [5.41, 5.74) is 0. The summed E-state index contributed by atoms with van der Waals surface area (Å²) in [7, 11) is -4.73. The number of aliphatic hydroxyl groups is 1. The van der Waals surface area contributed by atoms with Gasteiger partial charge in [0.05, 0.1) is 19.8 Å². The minimum absolute atomic E-state index is 0.178. The van der Waals surface area contributed by atoms with Crippen LogP contribution in [0.2, 0.25) is 0 Å². The lowest BCUT2D eigenvalue weighted by molar-refractivity contribution is -0.161. The van der Waals surface area contributed by atoms with Gasteiger partial charge in [-0.2, -0.15) is 0 Å². The molecule has 0 aromatic heterocycles. The minimum atomic E-state index is -4.73. The van der Waals surface area contributed by atoms with Gasteiger partial charge in [-0.25, -0.2) is 4.57 Å². The van der Waals surface area contributed by atoms with Crippen molar-refractivity contribution >= 4 is 25.7 Å². The van der Waals surface area contributed by atoms with Gasteiger partial charge < -0.3 is 24.2 Å². The molecule has 0 aromatic rings. The molecule has 3 atom stereocenters. The average molecular weight is 989 g/mol. The van der Waals surface area contributed by atoms with E-state index in [1.165, 1.54) is 186 Å². The normalized spacial score (nSPS) is 13.3. The van der Waals surface area contributed by atoms with Crippen molar-refractivity contribution in [2.45, 2.75) is 315 Å². The van der Waals surface area contributed by atoms with Gasteiger partial charge in [-0.05, 0) is 19.3 Å². The van der Waals surface area contributed by atoms with Gasteiger partial charge in [0.2, 0.25) is 0 Å².